The van der Waals surface area contributed by atoms with Crippen molar-refractivity contribution in [2.45, 2.75) is 46.6 Å². The Labute approximate surface area is 307 Å². The molecule has 2 amide bonds. The van der Waals surface area contributed by atoms with Crippen molar-refractivity contribution in [3.8, 4) is 27.7 Å². The molecule has 7 rings (SSSR count). The first-order valence-corrected chi connectivity index (χ1v) is 18.9. The van der Waals surface area contributed by atoms with Gasteiger partial charge in [0.25, 0.3) is 0 Å². The van der Waals surface area contributed by atoms with E-state index in [0.717, 1.165) is 69.5 Å². The van der Waals surface area contributed by atoms with Crippen molar-refractivity contribution in [2.24, 2.45) is 5.92 Å². The molecule has 0 spiro atoms. The fraction of sp³-hybridized carbons (Fsp3) is 0.385. The maximum Gasteiger partial charge on any atom is 0.237 e. The number of nitrogens with zero attached hydrogens (tertiary/aromatic N) is 7. The maximum absolute atomic E-state index is 13.9. The van der Waals surface area contributed by atoms with Crippen molar-refractivity contribution in [1.29, 1.82) is 0 Å². The monoisotopic (exact) mass is 719 g/mol. The van der Waals surface area contributed by atoms with Gasteiger partial charge in [-0.1, -0.05) is 41.7 Å². The highest BCUT2D eigenvalue weighted by atomic mass is 32.1. The van der Waals surface area contributed by atoms with Gasteiger partial charge < -0.3 is 19.9 Å². The molecule has 1 fully saturated rings. The Morgan fingerprint density at radius 2 is 1.85 bits per heavy atom. The van der Waals surface area contributed by atoms with E-state index in [2.05, 4.69) is 65.9 Å². The number of hydrogen-bond donors (Lipinski definition) is 2. The minimum Gasteiger partial charge on any atom is -0.475 e. The van der Waals surface area contributed by atoms with Gasteiger partial charge in [0.2, 0.25) is 22.8 Å². The molecule has 0 bridgehead atoms. The van der Waals surface area contributed by atoms with Gasteiger partial charge in [0, 0.05) is 67.2 Å². The Hall–Kier alpha value is -5.14. The summed E-state index contributed by atoms with van der Waals surface area (Å²) in [5.41, 5.74) is 6.81. The van der Waals surface area contributed by atoms with Gasteiger partial charge in [-0.15, -0.1) is 10.2 Å². The normalized spacial score (nSPS) is 16.4. The van der Waals surface area contributed by atoms with Crippen LogP contribution in [0, 0.1) is 5.92 Å². The molecule has 2 aliphatic rings. The number of nitrogens with one attached hydrogen (secondary N) is 2. The van der Waals surface area contributed by atoms with Gasteiger partial charge in [-0.05, 0) is 82.5 Å². The van der Waals surface area contributed by atoms with Gasteiger partial charge in [0.1, 0.15) is 10.7 Å². The summed E-state index contributed by atoms with van der Waals surface area (Å²) in [6.45, 7) is 12.2. The number of aromatic nitrogens is 5. The van der Waals surface area contributed by atoms with Crippen LogP contribution < -0.4 is 15.0 Å². The summed E-state index contributed by atoms with van der Waals surface area (Å²) in [5.74, 6) is 0.587. The number of anilines is 2. The van der Waals surface area contributed by atoms with Crippen LogP contribution in [0.2, 0.25) is 0 Å². The molecule has 2 aromatic carbocycles. The van der Waals surface area contributed by atoms with E-state index in [0.29, 0.717) is 38.6 Å². The molecule has 1 saturated heterocycles. The first-order chi connectivity index (χ1) is 25.3. The van der Waals surface area contributed by atoms with Gasteiger partial charge in [-0.3, -0.25) is 19.6 Å². The van der Waals surface area contributed by atoms with Gasteiger partial charge in [0.15, 0.2) is 0 Å². The quantitative estimate of drug-likeness (QED) is 0.151. The van der Waals surface area contributed by atoms with Crippen LogP contribution in [0.15, 0.2) is 66.9 Å². The Balaban J connectivity index is 0.940. The molecular weight excluding hydrogens is 675 g/mol. The molecule has 270 valence electrons. The number of ether oxygens (including phenoxy) is 1. The van der Waals surface area contributed by atoms with Crippen molar-refractivity contribution in [3.05, 3.63) is 72.4 Å². The predicted molar refractivity (Wildman–Crippen MR) is 206 cm³/mol. The van der Waals surface area contributed by atoms with E-state index in [9.17, 15) is 9.59 Å². The lowest BCUT2D eigenvalue weighted by Crippen LogP contribution is -2.42. The standard InChI is InChI=1S/C39H45N9O3S/c1-5-40-39-45-44-37(52-39)28-9-7-26(8-10-28)27-16-19-47(20-17-27)35(49)24-46-18-15-30(23-46)38(50)48(6-2)31-12-13-33-32(21-31)36(43-42-33)29-11-14-34(41-22-29)51-25(3)4/h7-14,16,21-22,25,30H,5-6,15,17-20,23-24H2,1-4H3,(H,40,45)(H,42,43)/t30-/m1/s1. The molecule has 0 unspecified atom stereocenters. The number of benzene rings is 2. The van der Waals surface area contributed by atoms with Crippen LogP contribution in [-0.4, -0.2) is 98.9 Å². The molecular formula is C39H45N9O3S. The van der Waals surface area contributed by atoms with Crippen molar-refractivity contribution < 1.29 is 14.3 Å². The second-order valence-corrected chi connectivity index (χ2v) is 14.5. The van der Waals surface area contributed by atoms with Gasteiger partial charge in [0.05, 0.1) is 24.1 Å². The lowest BCUT2D eigenvalue weighted by Gasteiger charge is -2.29. The van der Waals surface area contributed by atoms with Crippen LogP contribution in [0.25, 0.3) is 38.3 Å². The summed E-state index contributed by atoms with van der Waals surface area (Å²) in [6.07, 6.45) is 5.50. The molecule has 0 saturated carbocycles. The summed E-state index contributed by atoms with van der Waals surface area (Å²) in [5, 5.41) is 22.0. The summed E-state index contributed by atoms with van der Waals surface area (Å²) in [7, 11) is 0. The van der Waals surface area contributed by atoms with Gasteiger partial charge >= 0.3 is 0 Å². The Kier molecular flexibility index (Phi) is 10.6. The van der Waals surface area contributed by atoms with Gasteiger partial charge in [-0.2, -0.15) is 5.10 Å². The molecule has 52 heavy (non-hydrogen) atoms. The molecule has 5 heterocycles. The van der Waals surface area contributed by atoms with E-state index >= 15 is 0 Å². The van der Waals surface area contributed by atoms with Crippen molar-refractivity contribution in [1.82, 2.24) is 35.2 Å². The van der Waals surface area contributed by atoms with Crippen LogP contribution in [0.5, 0.6) is 5.88 Å². The fourth-order valence-corrected chi connectivity index (χ4v) is 7.74. The third-order valence-electron chi connectivity index (χ3n) is 9.60. The van der Waals surface area contributed by atoms with E-state index < -0.39 is 0 Å². The molecule has 0 aliphatic carbocycles. The number of amides is 2. The topological polar surface area (TPSA) is 132 Å². The SMILES string of the molecule is CCNc1nnc(-c2ccc(C3=CCN(C(=O)CN4CC[C@@H](C(=O)N(CC)c5ccc6[nH]nc(-c7ccc(OC(C)C)nc7)c6c5)C4)CC3)cc2)s1. The molecule has 5 aromatic rings. The maximum atomic E-state index is 13.9. The van der Waals surface area contributed by atoms with Gasteiger partial charge in [-0.25, -0.2) is 4.98 Å². The first kappa shape index (κ1) is 35.3. The second-order valence-electron chi connectivity index (χ2n) is 13.5. The Bertz CT molecular complexity index is 2060. The van der Waals surface area contributed by atoms with E-state index in [1.807, 2.05) is 67.8 Å². The van der Waals surface area contributed by atoms with Crippen LogP contribution >= 0.6 is 11.3 Å². The third-order valence-corrected chi connectivity index (χ3v) is 10.5. The minimum atomic E-state index is -0.171. The highest BCUT2D eigenvalue weighted by molar-refractivity contribution is 7.18. The number of carbonyl (C=O) groups excluding carboxylic acids is 2. The minimum absolute atomic E-state index is 0.0412. The number of H-pyrrole nitrogens is 1. The van der Waals surface area contributed by atoms with Crippen LogP contribution in [-0.2, 0) is 9.59 Å². The van der Waals surface area contributed by atoms with Crippen LogP contribution in [0.3, 0.4) is 0 Å². The zero-order valence-electron chi connectivity index (χ0n) is 30.1. The predicted octanol–water partition coefficient (Wildman–Crippen LogP) is 6.35. The number of hydrogen-bond acceptors (Lipinski definition) is 10. The first-order valence-electron chi connectivity index (χ1n) is 18.1. The van der Waals surface area contributed by atoms with Crippen molar-refractivity contribution >= 4 is 50.4 Å². The number of likely N-dealkylation sites (tertiary alicyclic amines) is 1. The Morgan fingerprint density at radius 3 is 2.56 bits per heavy atom. The zero-order chi connectivity index (χ0) is 36.2. The summed E-state index contributed by atoms with van der Waals surface area (Å²) >= 11 is 1.55. The second kappa shape index (κ2) is 15.6. The van der Waals surface area contributed by atoms with Crippen LogP contribution in [0.1, 0.15) is 46.1 Å². The molecule has 13 heteroatoms. The van der Waals surface area contributed by atoms with Crippen LogP contribution in [0.4, 0.5) is 10.8 Å². The third kappa shape index (κ3) is 7.70. The molecule has 0 radical (unpaired) electrons. The lowest BCUT2D eigenvalue weighted by molar-refractivity contribution is -0.132. The average Bonchev–Trinajstić information content (AvgIpc) is 3.93. The molecule has 12 nitrogen and oxygen atoms in total. The number of aromatic amines is 1. The molecule has 1 atom stereocenters. The van der Waals surface area contributed by atoms with Crippen molar-refractivity contribution in [3.63, 3.8) is 0 Å². The lowest BCUT2D eigenvalue weighted by atomic mass is 9.98. The average molecular weight is 720 g/mol. The van der Waals surface area contributed by atoms with E-state index in [4.69, 9.17) is 4.74 Å². The summed E-state index contributed by atoms with van der Waals surface area (Å²) in [4.78, 5) is 37.6. The van der Waals surface area contributed by atoms with Crippen molar-refractivity contribution in [2.75, 3.05) is 56.0 Å². The fourth-order valence-electron chi connectivity index (χ4n) is 6.92. The summed E-state index contributed by atoms with van der Waals surface area (Å²) < 4.78 is 5.70. The van der Waals surface area contributed by atoms with E-state index in [1.165, 1.54) is 11.1 Å². The molecule has 2 aliphatic heterocycles. The highest BCUT2D eigenvalue weighted by Crippen LogP contribution is 2.32. The number of fused-ring (bicyclic) bond motifs is 1. The highest BCUT2D eigenvalue weighted by Gasteiger charge is 2.33. The number of carbonyl (C=O) groups is 2. The number of pyridine rings is 1. The number of rotatable bonds is 12. The zero-order valence-corrected chi connectivity index (χ0v) is 30.9. The molecule has 2 N–H and O–H groups in total. The Morgan fingerprint density at radius 1 is 1.04 bits per heavy atom. The largest absolute Gasteiger partial charge is 0.475 e. The molecule has 3 aromatic heterocycles. The summed E-state index contributed by atoms with van der Waals surface area (Å²) in [6, 6.07) is 18.2. The van der Waals surface area contributed by atoms with E-state index in [1.54, 1.807) is 17.5 Å². The smallest absolute Gasteiger partial charge is 0.237 e. The van der Waals surface area contributed by atoms with E-state index in [-0.39, 0.29) is 23.8 Å².